The smallest absolute Gasteiger partial charge is 0.262 e. The highest BCUT2D eigenvalue weighted by Crippen LogP contribution is 2.33. The maximum absolute atomic E-state index is 13.2. The number of hydrogen-bond donors (Lipinski definition) is 2. The van der Waals surface area contributed by atoms with Crippen LogP contribution in [-0.4, -0.2) is 108 Å². The van der Waals surface area contributed by atoms with Crippen LogP contribution in [0.2, 0.25) is 0 Å². The molecule has 4 fully saturated rings. The Morgan fingerprint density at radius 2 is 1.35 bits per heavy atom. The van der Waals surface area contributed by atoms with Gasteiger partial charge in [0.15, 0.2) is 0 Å². The number of piperidine rings is 4. The van der Waals surface area contributed by atoms with Gasteiger partial charge in [-0.2, -0.15) is 0 Å². The van der Waals surface area contributed by atoms with Crippen LogP contribution in [0.1, 0.15) is 84.9 Å². The lowest BCUT2D eigenvalue weighted by Crippen LogP contribution is -2.54. The van der Waals surface area contributed by atoms with E-state index in [1.54, 1.807) is 6.07 Å². The summed E-state index contributed by atoms with van der Waals surface area (Å²) < 4.78 is 0. The predicted octanol–water partition coefficient (Wildman–Crippen LogP) is 2.50. The second kappa shape index (κ2) is 13.4. The normalized spacial score (nSPS) is 25.5. The summed E-state index contributed by atoms with van der Waals surface area (Å²) in [7, 11) is 0. The van der Waals surface area contributed by atoms with Crippen LogP contribution < -0.4 is 10.2 Å². The second-order valence-corrected chi connectivity index (χ2v) is 13.4. The van der Waals surface area contributed by atoms with E-state index in [4.69, 9.17) is 0 Å². The van der Waals surface area contributed by atoms with E-state index in [0.717, 1.165) is 61.3 Å². The zero-order chi connectivity index (χ0) is 29.9. The molecule has 0 bridgehead atoms. The van der Waals surface area contributed by atoms with Gasteiger partial charge in [-0.25, -0.2) is 0 Å². The van der Waals surface area contributed by atoms with Gasteiger partial charge in [-0.1, -0.05) is 0 Å². The fourth-order valence-electron chi connectivity index (χ4n) is 7.90. The van der Waals surface area contributed by atoms with E-state index in [-0.39, 0.29) is 18.7 Å². The third-order valence-corrected chi connectivity index (χ3v) is 10.7. The Kier molecular flexibility index (Phi) is 9.45. The molecule has 5 aliphatic rings. The largest absolute Gasteiger partial charge is 0.396 e. The molecule has 4 amide bonds. The predicted molar refractivity (Wildman–Crippen MR) is 163 cm³/mol. The standard InChI is InChI=1S/C33H47N5O5/c39-20-12-24-6-14-35(15-7-24)13-5-23-8-16-36(17-9-23)22-25-10-18-37(19-11-25)26-1-2-27-28(21-26)33(43)38(32(27)42)29-3-4-30(40)34-31(29)41/h1-2,21,23-25,29,39H,3-20,22H2,(H,34,40,41). The number of nitrogens with one attached hydrogen (secondary N) is 1. The summed E-state index contributed by atoms with van der Waals surface area (Å²) in [6, 6.07) is 4.51. The lowest BCUT2D eigenvalue weighted by atomic mass is 9.90. The van der Waals surface area contributed by atoms with E-state index < -0.39 is 23.8 Å². The molecule has 1 aromatic carbocycles. The molecule has 0 spiro atoms. The molecular formula is C33H47N5O5. The number of aliphatic hydroxyl groups is 1. The fourth-order valence-corrected chi connectivity index (χ4v) is 7.90. The molecule has 1 aromatic rings. The van der Waals surface area contributed by atoms with Crippen molar-refractivity contribution in [2.24, 2.45) is 17.8 Å². The van der Waals surface area contributed by atoms with Gasteiger partial charge in [-0.05, 0) is 126 Å². The van der Waals surface area contributed by atoms with Crippen molar-refractivity contribution < 1.29 is 24.3 Å². The van der Waals surface area contributed by atoms with Crippen LogP contribution in [-0.2, 0) is 9.59 Å². The van der Waals surface area contributed by atoms with Gasteiger partial charge in [0.1, 0.15) is 6.04 Å². The fraction of sp³-hybridized carbons (Fsp3) is 0.697. The van der Waals surface area contributed by atoms with Gasteiger partial charge < -0.3 is 19.8 Å². The van der Waals surface area contributed by atoms with E-state index in [0.29, 0.717) is 23.7 Å². The van der Waals surface area contributed by atoms with Gasteiger partial charge in [0.25, 0.3) is 11.8 Å². The third kappa shape index (κ3) is 6.81. The van der Waals surface area contributed by atoms with Gasteiger partial charge in [-0.15, -0.1) is 0 Å². The molecule has 0 radical (unpaired) electrons. The number of benzene rings is 1. The van der Waals surface area contributed by atoms with Crippen molar-refractivity contribution in [1.82, 2.24) is 20.0 Å². The Morgan fingerprint density at radius 1 is 0.721 bits per heavy atom. The first-order valence-electron chi connectivity index (χ1n) is 16.6. The maximum atomic E-state index is 13.2. The Bertz CT molecular complexity index is 1200. The topological polar surface area (TPSA) is 114 Å². The molecule has 43 heavy (non-hydrogen) atoms. The summed E-state index contributed by atoms with van der Waals surface area (Å²) in [5, 5.41) is 11.4. The molecular weight excluding hydrogens is 546 g/mol. The van der Waals surface area contributed by atoms with Crippen LogP contribution in [0.25, 0.3) is 0 Å². The highest BCUT2D eigenvalue weighted by Gasteiger charge is 2.44. The first-order valence-corrected chi connectivity index (χ1v) is 16.6. The van der Waals surface area contributed by atoms with Crippen molar-refractivity contribution in [3.8, 4) is 0 Å². The molecule has 4 saturated heterocycles. The SMILES string of the molecule is O=C1CCC(N2C(=O)c3ccc(N4CCC(CN5CCC(CCN6CCC(CCO)CC6)CC5)CC4)cc3C2=O)C(=O)N1. The quantitative estimate of drug-likeness (QED) is 0.420. The molecule has 5 aliphatic heterocycles. The monoisotopic (exact) mass is 593 g/mol. The number of likely N-dealkylation sites (tertiary alicyclic amines) is 2. The number of nitrogens with zero attached hydrogens (tertiary/aromatic N) is 4. The molecule has 5 heterocycles. The van der Waals surface area contributed by atoms with E-state index >= 15 is 0 Å². The maximum Gasteiger partial charge on any atom is 0.262 e. The highest BCUT2D eigenvalue weighted by atomic mass is 16.3. The molecule has 0 aromatic heterocycles. The molecule has 1 atom stereocenters. The number of anilines is 1. The summed E-state index contributed by atoms with van der Waals surface area (Å²) in [6.07, 6.45) is 9.88. The molecule has 234 valence electrons. The number of hydrogen-bond acceptors (Lipinski definition) is 8. The summed E-state index contributed by atoms with van der Waals surface area (Å²) in [4.78, 5) is 58.8. The average molecular weight is 594 g/mol. The minimum absolute atomic E-state index is 0.119. The summed E-state index contributed by atoms with van der Waals surface area (Å²) in [6.45, 7) is 9.37. The van der Waals surface area contributed by atoms with Gasteiger partial charge in [0.05, 0.1) is 11.1 Å². The van der Waals surface area contributed by atoms with Crippen LogP contribution in [0.3, 0.4) is 0 Å². The Morgan fingerprint density at radius 3 is 2.02 bits per heavy atom. The minimum atomic E-state index is -0.935. The number of imide groups is 2. The zero-order valence-corrected chi connectivity index (χ0v) is 25.3. The van der Waals surface area contributed by atoms with Gasteiger partial charge >= 0.3 is 0 Å². The van der Waals surface area contributed by atoms with E-state index in [9.17, 15) is 24.3 Å². The first-order chi connectivity index (χ1) is 20.9. The molecule has 1 unspecified atom stereocenters. The average Bonchev–Trinajstić information content (AvgIpc) is 3.27. The molecule has 0 aliphatic carbocycles. The number of rotatable bonds is 9. The second-order valence-electron chi connectivity index (χ2n) is 13.4. The van der Waals surface area contributed by atoms with Crippen molar-refractivity contribution in [2.45, 2.75) is 70.3 Å². The zero-order valence-electron chi connectivity index (χ0n) is 25.3. The molecule has 10 heteroatoms. The van der Waals surface area contributed by atoms with Gasteiger partial charge in [0.2, 0.25) is 11.8 Å². The molecule has 2 N–H and O–H groups in total. The van der Waals surface area contributed by atoms with Crippen molar-refractivity contribution in [1.29, 1.82) is 0 Å². The van der Waals surface area contributed by atoms with Crippen molar-refractivity contribution in [3.63, 3.8) is 0 Å². The lowest BCUT2D eigenvalue weighted by molar-refractivity contribution is -0.136. The Balaban J connectivity index is 0.932. The summed E-state index contributed by atoms with van der Waals surface area (Å²) in [5.41, 5.74) is 1.63. The van der Waals surface area contributed by atoms with Crippen LogP contribution in [0.5, 0.6) is 0 Å². The Labute approximate surface area is 254 Å². The summed E-state index contributed by atoms with van der Waals surface area (Å²) in [5.74, 6) is 0.383. The van der Waals surface area contributed by atoms with E-state index in [1.165, 1.54) is 64.8 Å². The summed E-state index contributed by atoms with van der Waals surface area (Å²) >= 11 is 0. The number of aliphatic hydroxyl groups excluding tert-OH is 1. The lowest BCUT2D eigenvalue weighted by Gasteiger charge is -2.39. The van der Waals surface area contributed by atoms with Crippen molar-refractivity contribution in [3.05, 3.63) is 29.3 Å². The van der Waals surface area contributed by atoms with Crippen LogP contribution in [0.4, 0.5) is 5.69 Å². The van der Waals surface area contributed by atoms with Crippen molar-refractivity contribution >= 4 is 29.3 Å². The van der Waals surface area contributed by atoms with Crippen LogP contribution in [0, 0.1) is 17.8 Å². The highest BCUT2D eigenvalue weighted by molar-refractivity contribution is 6.23. The van der Waals surface area contributed by atoms with E-state index in [1.807, 2.05) is 12.1 Å². The van der Waals surface area contributed by atoms with Crippen molar-refractivity contribution in [2.75, 3.05) is 63.9 Å². The van der Waals surface area contributed by atoms with Crippen LogP contribution >= 0.6 is 0 Å². The molecule has 10 nitrogen and oxygen atoms in total. The number of carbonyl (C=O) groups is 4. The number of amides is 4. The van der Waals surface area contributed by atoms with Gasteiger partial charge in [-0.3, -0.25) is 29.4 Å². The van der Waals surface area contributed by atoms with E-state index in [2.05, 4.69) is 20.0 Å². The third-order valence-electron chi connectivity index (χ3n) is 10.7. The van der Waals surface area contributed by atoms with Gasteiger partial charge in [0, 0.05) is 38.3 Å². The molecule has 6 rings (SSSR count). The number of carbonyl (C=O) groups excluding carboxylic acids is 4. The van der Waals surface area contributed by atoms with Crippen LogP contribution in [0.15, 0.2) is 18.2 Å². The number of fused-ring (bicyclic) bond motifs is 1. The minimum Gasteiger partial charge on any atom is -0.396 e. The first kappa shape index (κ1) is 30.2. The molecule has 0 saturated carbocycles. The Hall–Kier alpha value is -2.82.